The van der Waals surface area contributed by atoms with Crippen LogP contribution < -0.4 is 5.32 Å². The van der Waals surface area contributed by atoms with E-state index in [2.05, 4.69) is 30.2 Å². The van der Waals surface area contributed by atoms with Gasteiger partial charge in [-0.25, -0.2) is 9.97 Å². The van der Waals surface area contributed by atoms with Gasteiger partial charge in [-0.3, -0.25) is 4.79 Å². The summed E-state index contributed by atoms with van der Waals surface area (Å²) in [4.78, 5) is 20.8. The number of oxazole rings is 1. The maximum absolute atomic E-state index is 12.3. The third-order valence-corrected chi connectivity index (χ3v) is 5.34. The van der Waals surface area contributed by atoms with E-state index in [0.29, 0.717) is 18.7 Å². The zero-order chi connectivity index (χ0) is 17.0. The summed E-state index contributed by atoms with van der Waals surface area (Å²) in [5.74, 6) is 0.685. The van der Waals surface area contributed by atoms with Crippen LogP contribution >= 0.6 is 11.3 Å². The van der Waals surface area contributed by atoms with Crippen molar-refractivity contribution in [3.63, 3.8) is 0 Å². The number of thiazole rings is 1. The summed E-state index contributed by atoms with van der Waals surface area (Å²) < 4.78 is 6.33. The van der Waals surface area contributed by atoms with E-state index < -0.39 is 0 Å². The minimum atomic E-state index is -0.112. The lowest BCUT2D eigenvalue weighted by molar-refractivity contribution is -0.123. The maximum atomic E-state index is 12.3. The lowest BCUT2D eigenvalue weighted by Crippen LogP contribution is -2.31. The highest BCUT2D eigenvalue weighted by Crippen LogP contribution is 2.33. The van der Waals surface area contributed by atoms with E-state index in [-0.39, 0.29) is 11.3 Å². The molecule has 1 unspecified atom stereocenters. The first-order valence-corrected chi connectivity index (χ1v) is 8.88. The molecule has 5 nitrogen and oxygen atoms in total. The number of fused-ring (bicyclic) bond motifs is 1. The smallest absolute Gasteiger partial charge is 0.220 e. The van der Waals surface area contributed by atoms with E-state index in [0.717, 1.165) is 23.4 Å². The fourth-order valence-corrected chi connectivity index (χ4v) is 3.82. The number of hydrogen-bond acceptors (Lipinski definition) is 5. The Morgan fingerprint density at radius 2 is 2.21 bits per heavy atom. The van der Waals surface area contributed by atoms with Crippen molar-refractivity contribution in [2.75, 3.05) is 0 Å². The van der Waals surface area contributed by atoms with Gasteiger partial charge in [-0.05, 0) is 24.0 Å². The molecular weight excluding hydrogens is 322 g/mol. The molecule has 0 radical (unpaired) electrons. The second kappa shape index (κ2) is 7.13. The zero-order valence-electron chi connectivity index (χ0n) is 13.9. The summed E-state index contributed by atoms with van der Waals surface area (Å²) in [5.41, 5.74) is 0.921. The molecule has 1 N–H and O–H groups in total. The predicted octanol–water partition coefficient (Wildman–Crippen LogP) is 3.95. The van der Waals surface area contributed by atoms with Crippen LogP contribution in [-0.2, 0) is 17.8 Å². The van der Waals surface area contributed by atoms with Gasteiger partial charge in [0.05, 0.1) is 28.0 Å². The summed E-state index contributed by atoms with van der Waals surface area (Å²) in [6.07, 6.45) is 5.16. The van der Waals surface area contributed by atoms with Crippen LogP contribution in [0.1, 0.15) is 37.5 Å². The van der Waals surface area contributed by atoms with Crippen molar-refractivity contribution in [3.8, 4) is 0 Å². The zero-order valence-corrected chi connectivity index (χ0v) is 14.7. The Balaban J connectivity index is 1.63. The van der Waals surface area contributed by atoms with Crippen molar-refractivity contribution in [2.45, 2.75) is 39.7 Å². The van der Waals surface area contributed by atoms with Crippen molar-refractivity contribution in [1.29, 1.82) is 0 Å². The Morgan fingerprint density at radius 3 is 2.92 bits per heavy atom. The molecular formula is C18H21N3O2S. The second-order valence-electron chi connectivity index (χ2n) is 6.34. The Morgan fingerprint density at radius 1 is 1.38 bits per heavy atom. The number of carbonyl (C=O) groups excluding carboxylic acids is 1. The minimum Gasteiger partial charge on any atom is -0.447 e. The molecule has 1 aromatic carbocycles. The van der Waals surface area contributed by atoms with Gasteiger partial charge < -0.3 is 9.73 Å². The summed E-state index contributed by atoms with van der Waals surface area (Å²) in [6.45, 7) is 4.64. The minimum absolute atomic E-state index is 0.0249. The molecule has 1 amide bonds. The van der Waals surface area contributed by atoms with Crippen molar-refractivity contribution < 1.29 is 9.21 Å². The Labute approximate surface area is 145 Å². The standard InChI is InChI=1S/C18H21N3O2S/c1-3-18(2,8-16(22)20-11-13-10-19-12-23-13)9-17-21-14-6-4-5-7-15(14)24-17/h4-7,10,12H,3,8-9,11H2,1-2H3,(H,20,22). The molecule has 0 spiro atoms. The van der Waals surface area contributed by atoms with Crippen LogP contribution in [0.2, 0.25) is 0 Å². The highest BCUT2D eigenvalue weighted by molar-refractivity contribution is 7.18. The van der Waals surface area contributed by atoms with Crippen LogP contribution in [0, 0.1) is 5.41 Å². The Bertz CT molecular complexity index is 780. The summed E-state index contributed by atoms with van der Waals surface area (Å²) in [5, 5.41) is 3.98. The molecule has 0 saturated carbocycles. The van der Waals surface area contributed by atoms with Gasteiger partial charge >= 0.3 is 0 Å². The molecule has 6 heteroatoms. The molecule has 0 bridgehead atoms. The largest absolute Gasteiger partial charge is 0.447 e. The molecule has 24 heavy (non-hydrogen) atoms. The molecule has 0 aliphatic carbocycles. The van der Waals surface area contributed by atoms with Crippen LogP contribution in [0.3, 0.4) is 0 Å². The quantitative estimate of drug-likeness (QED) is 0.705. The second-order valence-corrected chi connectivity index (χ2v) is 7.45. The molecule has 3 aromatic rings. The summed E-state index contributed by atoms with van der Waals surface area (Å²) in [6, 6.07) is 8.15. The first kappa shape index (κ1) is 16.6. The third kappa shape index (κ3) is 4.00. The van der Waals surface area contributed by atoms with Crippen molar-refractivity contribution in [3.05, 3.63) is 47.6 Å². The first-order valence-electron chi connectivity index (χ1n) is 8.06. The van der Waals surface area contributed by atoms with Gasteiger partial charge in [0.1, 0.15) is 5.76 Å². The van der Waals surface area contributed by atoms with Gasteiger partial charge in [0.15, 0.2) is 6.39 Å². The molecule has 1 atom stereocenters. The fraction of sp³-hybridized carbons (Fsp3) is 0.389. The van der Waals surface area contributed by atoms with Crippen LogP contribution in [0.15, 0.2) is 41.3 Å². The molecule has 2 aromatic heterocycles. The number of benzene rings is 1. The number of carbonyl (C=O) groups is 1. The lowest BCUT2D eigenvalue weighted by atomic mass is 9.80. The first-order chi connectivity index (χ1) is 11.6. The van der Waals surface area contributed by atoms with Gasteiger partial charge in [0.2, 0.25) is 5.91 Å². The lowest BCUT2D eigenvalue weighted by Gasteiger charge is -2.26. The highest BCUT2D eigenvalue weighted by Gasteiger charge is 2.27. The molecule has 0 saturated heterocycles. The van der Waals surface area contributed by atoms with E-state index in [1.54, 1.807) is 17.5 Å². The average Bonchev–Trinajstić information content (AvgIpc) is 3.21. The van der Waals surface area contributed by atoms with Crippen LogP contribution in [0.4, 0.5) is 0 Å². The van der Waals surface area contributed by atoms with Gasteiger partial charge in [0, 0.05) is 12.8 Å². The number of amides is 1. The predicted molar refractivity (Wildman–Crippen MR) is 94.7 cm³/mol. The van der Waals surface area contributed by atoms with Crippen LogP contribution in [0.5, 0.6) is 0 Å². The number of para-hydroxylation sites is 1. The SMILES string of the molecule is CCC(C)(CC(=O)NCc1cnco1)Cc1nc2ccccc2s1. The van der Waals surface area contributed by atoms with Gasteiger partial charge in [-0.15, -0.1) is 11.3 Å². The monoisotopic (exact) mass is 343 g/mol. The van der Waals surface area contributed by atoms with E-state index in [9.17, 15) is 4.79 Å². The topological polar surface area (TPSA) is 68.0 Å². The van der Waals surface area contributed by atoms with Crippen LogP contribution in [-0.4, -0.2) is 15.9 Å². The molecule has 2 heterocycles. The summed E-state index contributed by atoms with van der Waals surface area (Å²) >= 11 is 1.71. The maximum Gasteiger partial charge on any atom is 0.220 e. The van der Waals surface area contributed by atoms with Crippen molar-refractivity contribution >= 4 is 27.5 Å². The highest BCUT2D eigenvalue weighted by atomic mass is 32.1. The molecule has 0 aliphatic rings. The Hall–Kier alpha value is -2.21. The van der Waals surface area contributed by atoms with E-state index in [4.69, 9.17) is 9.40 Å². The summed E-state index contributed by atoms with van der Waals surface area (Å²) in [7, 11) is 0. The van der Waals surface area contributed by atoms with Crippen LogP contribution in [0.25, 0.3) is 10.2 Å². The number of rotatable bonds is 7. The molecule has 3 rings (SSSR count). The average molecular weight is 343 g/mol. The molecule has 126 valence electrons. The fourth-order valence-electron chi connectivity index (χ4n) is 2.64. The molecule has 0 aliphatic heterocycles. The normalized spacial score (nSPS) is 13.8. The third-order valence-electron chi connectivity index (χ3n) is 4.30. The number of nitrogens with zero attached hydrogens (tertiary/aromatic N) is 2. The number of aromatic nitrogens is 2. The van der Waals surface area contributed by atoms with E-state index in [1.807, 2.05) is 18.2 Å². The van der Waals surface area contributed by atoms with Gasteiger partial charge in [-0.2, -0.15) is 0 Å². The number of nitrogens with one attached hydrogen (secondary N) is 1. The number of hydrogen-bond donors (Lipinski definition) is 1. The van der Waals surface area contributed by atoms with Crippen molar-refractivity contribution in [1.82, 2.24) is 15.3 Å². The molecule has 0 fully saturated rings. The van der Waals surface area contributed by atoms with Gasteiger partial charge in [0.25, 0.3) is 0 Å². The van der Waals surface area contributed by atoms with E-state index >= 15 is 0 Å². The van der Waals surface area contributed by atoms with E-state index in [1.165, 1.54) is 11.1 Å². The van der Waals surface area contributed by atoms with Gasteiger partial charge in [-0.1, -0.05) is 26.0 Å². The Kier molecular flexibility index (Phi) is 4.94. The van der Waals surface area contributed by atoms with Crippen molar-refractivity contribution in [2.24, 2.45) is 5.41 Å².